The van der Waals surface area contributed by atoms with Crippen LogP contribution in [0.3, 0.4) is 0 Å². The lowest BCUT2D eigenvalue weighted by Gasteiger charge is -2.41. The number of rotatable bonds is 3. The normalized spacial score (nSPS) is 29.1. The van der Waals surface area contributed by atoms with Crippen LogP contribution >= 0.6 is 0 Å². The summed E-state index contributed by atoms with van der Waals surface area (Å²) in [6.07, 6.45) is 6.98. The zero-order valence-corrected chi connectivity index (χ0v) is 21.9. The maximum atomic E-state index is 14.0. The van der Waals surface area contributed by atoms with E-state index in [0.717, 1.165) is 30.6 Å². The van der Waals surface area contributed by atoms with Gasteiger partial charge in [-0.3, -0.25) is 19.2 Å². The Hall–Kier alpha value is -2.95. The van der Waals surface area contributed by atoms with E-state index in [1.54, 1.807) is 21.8 Å². The van der Waals surface area contributed by atoms with Gasteiger partial charge in [-0.1, -0.05) is 6.07 Å². The minimum absolute atomic E-state index is 0.0795. The highest BCUT2D eigenvalue weighted by molar-refractivity contribution is 6.00. The van der Waals surface area contributed by atoms with Crippen LogP contribution in [0.4, 0.5) is 0 Å². The molecule has 0 unspecified atom stereocenters. The smallest absolute Gasteiger partial charge is 0.258 e. The van der Waals surface area contributed by atoms with Crippen molar-refractivity contribution in [3.05, 3.63) is 36.2 Å². The highest BCUT2D eigenvalue weighted by Crippen LogP contribution is 2.32. The number of ether oxygens (including phenoxy) is 2. The fourth-order valence-electron chi connectivity index (χ4n) is 5.83. The molecule has 3 aliphatic heterocycles. The van der Waals surface area contributed by atoms with E-state index in [-0.39, 0.29) is 24.5 Å². The number of fused-ring (bicyclic) bond motifs is 4. The number of piperazine rings is 1. The number of aliphatic hydroxyl groups is 1. The molecule has 0 spiro atoms. The predicted octanol–water partition coefficient (Wildman–Crippen LogP) is 1.43. The largest absolute Gasteiger partial charge is 0.493 e. The molecule has 2 saturated heterocycles. The summed E-state index contributed by atoms with van der Waals surface area (Å²) >= 11 is 0. The lowest BCUT2D eigenvalue weighted by molar-refractivity contribution is -0.135. The van der Waals surface area contributed by atoms with E-state index >= 15 is 0 Å². The molecule has 0 radical (unpaired) electrons. The van der Waals surface area contributed by atoms with Crippen LogP contribution in [0.5, 0.6) is 5.75 Å². The number of amides is 2. The van der Waals surface area contributed by atoms with Gasteiger partial charge in [-0.25, -0.2) is 0 Å². The van der Waals surface area contributed by atoms with Gasteiger partial charge in [0.15, 0.2) is 0 Å². The molecule has 4 heterocycles. The zero-order valence-electron chi connectivity index (χ0n) is 21.9. The Labute approximate surface area is 222 Å². The van der Waals surface area contributed by atoms with Crippen molar-refractivity contribution in [3.8, 4) is 16.9 Å². The van der Waals surface area contributed by atoms with Crippen LogP contribution in [-0.2, 0) is 16.6 Å². The Kier molecular flexibility index (Phi) is 7.11. The maximum Gasteiger partial charge on any atom is 0.258 e. The van der Waals surface area contributed by atoms with E-state index in [1.165, 1.54) is 12.8 Å². The topological polar surface area (TPSA) is 109 Å². The summed E-state index contributed by atoms with van der Waals surface area (Å²) in [5.74, 6) is 0.794. The fourth-order valence-corrected chi connectivity index (χ4v) is 5.83. The van der Waals surface area contributed by atoms with Crippen LogP contribution in [0.15, 0.2) is 30.6 Å². The second-order valence-electron chi connectivity index (χ2n) is 11.2. The number of hydrogen-bond donors (Lipinski definition) is 2. The summed E-state index contributed by atoms with van der Waals surface area (Å²) in [5, 5.41) is 17.8. The van der Waals surface area contributed by atoms with E-state index in [2.05, 4.69) is 15.3 Å². The molecule has 1 aromatic carbocycles. The molecule has 4 atom stereocenters. The molecule has 1 aromatic heterocycles. The first-order valence-corrected chi connectivity index (χ1v) is 13.8. The highest BCUT2D eigenvalue weighted by atomic mass is 16.5. The van der Waals surface area contributed by atoms with E-state index < -0.39 is 18.2 Å². The summed E-state index contributed by atoms with van der Waals surface area (Å²) in [6.45, 7) is 3.28. The standard InChI is InChI=1S/C28H37N5O5/c1-31-16-20(13-30-31)19-4-6-22-25(12-19)37-11-8-21-5-7-24(34)26(38-21)14-29-27(35)23-17-32(15-18-2-3-18)9-10-33(23)28(22)36/h4,6,12-13,16,18,21,23-24,26,34H,2-3,5,7-11,14-15,17H2,1H3,(H,29,35)/t21-,23-,24-,26+/m0/s1. The first-order valence-electron chi connectivity index (χ1n) is 13.8. The van der Waals surface area contributed by atoms with Crippen LogP contribution in [0.25, 0.3) is 11.1 Å². The highest BCUT2D eigenvalue weighted by Gasteiger charge is 2.39. The van der Waals surface area contributed by atoms with Crippen molar-refractivity contribution in [2.45, 2.75) is 56.5 Å². The van der Waals surface area contributed by atoms with Gasteiger partial charge in [-0.15, -0.1) is 0 Å². The molecule has 2 N–H and O–H groups in total. The van der Waals surface area contributed by atoms with Crippen molar-refractivity contribution in [3.63, 3.8) is 0 Å². The number of carbonyl (C=O) groups is 2. The number of nitrogens with one attached hydrogen (secondary N) is 1. The third-order valence-electron chi connectivity index (χ3n) is 8.25. The van der Waals surface area contributed by atoms with Crippen LogP contribution in [0, 0.1) is 5.92 Å². The van der Waals surface area contributed by atoms with Crippen molar-refractivity contribution < 1.29 is 24.2 Å². The van der Waals surface area contributed by atoms with Gasteiger partial charge in [-0.2, -0.15) is 5.10 Å². The first-order chi connectivity index (χ1) is 18.4. The minimum atomic E-state index is -0.626. The molecule has 6 rings (SSSR count). The van der Waals surface area contributed by atoms with Crippen molar-refractivity contribution in [2.75, 3.05) is 39.3 Å². The van der Waals surface area contributed by atoms with E-state index in [1.807, 2.05) is 25.4 Å². The third kappa shape index (κ3) is 5.43. The maximum absolute atomic E-state index is 14.0. The molecule has 204 valence electrons. The third-order valence-corrected chi connectivity index (χ3v) is 8.25. The van der Waals surface area contributed by atoms with Crippen LogP contribution in [0.1, 0.15) is 42.5 Å². The van der Waals surface area contributed by atoms with Crippen molar-refractivity contribution in [2.24, 2.45) is 13.0 Å². The van der Waals surface area contributed by atoms with Crippen LogP contribution < -0.4 is 10.1 Å². The van der Waals surface area contributed by atoms with Gasteiger partial charge in [0, 0.05) is 58.0 Å². The fraction of sp³-hybridized carbons (Fsp3) is 0.607. The lowest BCUT2D eigenvalue weighted by Crippen LogP contribution is -2.61. The van der Waals surface area contributed by atoms with Gasteiger partial charge in [0.2, 0.25) is 5.91 Å². The first kappa shape index (κ1) is 25.3. The lowest BCUT2D eigenvalue weighted by atomic mass is 9.99. The molecule has 2 aromatic rings. The minimum Gasteiger partial charge on any atom is -0.493 e. The summed E-state index contributed by atoms with van der Waals surface area (Å²) in [4.78, 5) is 31.5. The second-order valence-corrected chi connectivity index (χ2v) is 11.2. The molecule has 2 bridgehead atoms. The number of hydrogen-bond acceptors (Lipinski definition) is 7. The van der Waals surface area contributed by atoms with E-state index in [0.29, 0.717) is 49.8 Å². The van der Waals surface area contributed by atoms with Gasteiger partial charge < -0.3 is 24.8 Å². The molecule has 10 heteroatoms. The van der Waals surface area contributed by atoms with Gasteiger partial charge in [-0.05, 0) is 49.3 Å². The molecule has 3 fully saturated rings. The quantitative estimate of drug-likeness (QED) is 0.627. The Morgan fingerprint density at radius 2 is 1.97 bits per heavy atom. The summed E-state index contributed by atoms with van der Waals surface area (Å²) in [7, 11) is 1.87. The van der Waals surface area contributed by atoms with Gasteiger partial charge >= 0.3 is 0 Å². The summed E-state index contributed by atoms with van der Waals surface area (Å²) in [5.41, 5.74) is 2.30. The molecule has 1 saturated carbocycles. The Balaban J connectivity index is 1.32. The van der Waals surface area contributed by atoms with Crippen molar-refractivity contribution in [1.29, 1.82) is 0 Å². The van der Waals surface area contributed by atoms with Crippen LogP contribution in [0.2, 0.25) is 0 Å². The van der Waals surface area contributed by atoms with E-state index in [4.69, 9.17) is 9.47 Å². The molecular weight excluding hydrogens is 486 g/mol. The number of nitrogens with zero attached hydrogens (tertiary/aromatic N) is 4. The molecule has 38 heavy (non-hydrogen) atoms. The number of aliphatic hydroxyl groups excluding tert-OH is 1. The van der Waals surface area contributed by atoms with E-state index in [9.17, 15) is 14.7 Å². The summed E-state index contributed by atoms with van der Waals surface area (Å²) < 4.78 is 14.2. The predicted molar refractivity (Wildman–Crippen MR) is 140 cm³/mol. The van der Waals surface area contributed by atoms with Gasteiger partial charge in [0.1, 0.15) is 17.9 Å². The average molecular weight is 524 g/mol. The van der Waals surface area contributed by atoms with Gasteiger partial charge in [0.05, 0.1) is 30.6 Å². The zero-order chi connectivity index (χ0) is 26.2. The average Bonchev–Trinajstić information content (AvgIpc) is 3.63. The Morgan fingerprint density at radius 3 is 2.76 bits per heavy atom. The Morgan fingerprint density at radius 1 is 1.11 bits per heavy atom. The molecule has 4 aliphatic rings. The molecule has 2 amide bonds. The number of carbonyl (C=O) groups excluding carboxylic acids is 2. The summed E-state index contributed by atoms with van der Waals surface area (Å²) in [6, 6.07) is 4.99. The molecule has 1 aliphatic carbocycles. The van der Waals surface area contributed by atoms with Crippen molar-refractivity contribution >= 4 is 11.8 Å². The SMILES string of the molecule is Cn1cc(-c2ccc3c(c2)OCC[C@@H]2CC[C@H](O)[C@@H](CNC(=O)[C@@H]4CN(CC5CC5)CCN4C3=O)O2)cn1. The number of aromatic nitrogens is 2. The van der Waals surface area contributed by atoms with Crippen LogP contribution in [-0.4, -0.2) is 100 Å². The van der Waals surface area contributed by atoms with Crippen molar-refractivity contribution in [1.82, 2.24) is 24.9 Å². The molecular formula is C28H37N5O5. The molecule has 10 nitrogen and oxygen atoms in total. The second kappa shape index (κ2) is 10.7. The Bertz CT molecular complexity index is 1180. The number of benzene rings is 1. The monoisotopic (exact) mass is 523 g/mol. The van der Waals surface area contributed by atoms with Gasteiger partial charge in [0.25, 0.3) is 5.91 Å². The number of aryl methyl sites for hydroxylation is 1.